The van der Waals surface area contributed by atoms with Crippen molar-refractivity contribution in [2.45, 2.75) is 19.3 Å². The molecule has 0 saturated carbocycles. The summed E-state index contributed by atoms with van der Waals surface area (Å²) in [4.78, 5) is 22.6. The zero-order valence-electron chi connectivity index (χ0n) is 14.4. The van der Waals surface area contributed by atoms with Crippen LogP contribution in [0, 0.1) is 5.92 Å². The zero-order chi connectivity index (χ0) is 17.3. The number of hydrogen-bond donors (Lipinski definition) is 2. The lowest BCUT2D eigenvalue weighted by Crippen LogP contribution is -2.42. The molecule has 0 unspecified atom stereocenters. The largest absolute Gasteiger partial charge is 0.355 e. The maximum absolute atomic E-state index is 11.9. The first kappa shape index (κ1) is 17.2. The summed E-state index contributed by atoms with van der Waals surface area (Å²) in [6.07, 6.45) is 8.19. The van der Waals surface area contributed by atoms with Crippen LogP contribution in [-0.4, -0.2) is 42.2 Å². The second-order valence-corrected chi connectivity index (χ2v) is 6.37. The molecule has 0 aliphatic carbocycles. The Bertz CT molecular complexity index is 641. The summed E-state index contributed by atoms with van der Waals surface area (Å²) in [7, 11) is 0. The van der Waals surface area contributed by atoms with Crippen LogP contribution in [0.3, 0.4) is 0 Å². The van der Waals surface area contributed by atoms with Crippen molar-refractivity contribution in [3.8, 4) is 0 Å². The van der Waals surface area contributed by atoms with Crippen molar-refractivity contribution < 1.29 is 4.79 Å². The molecule has 0 radical (unpaired) electrons. The normalized spacial score (nSPS) is 15.0. The monoisotopic (exact) mass is 339 g/mol. The number of hydrogen-bond acceptors (Lipinski definition) is 4. The van der Waals surface area contributed by atoms with E-state index >= 15 is 0 Å². The van der Waals surface area contributed by atoms with E-state index in [4.69, 9.17) is 0 Å². The molecule has 6 nitrogen and oxygen atoms in total. The maximum Gasteiger partial charge on any atom is 0.314 e. The average molecular weight is 339 g/mol. The first-order chi connectivity index (χ1) is 12.3. The number of carbonyl (C=O) groups excluding carboxylic acids is 1. The Morgan fingerprint density at radius 2 is 1.92 bits per heavy atom. The lowest BCUT2D eigenvalue weighted by Gasteiger charge is -2.32. The molecule has 132 valence electrons. The molecule has 1 aliphatic heterocycles. The summed E-state index contributed by atoms with van der Waals surface area (Å²) < 4.78 is 0. The molecular formula is C19H25N5O. The molecule has 2 aromatic rings. The van der Waals surface area contributed by atoms with E-state index in [2.05, 4.69) is 37.6 Å². The standard InChI is InChI=1S/C19H25N5O/c25-19(22-9-6-16-4-2-1-3-5-16)23-14-17-7-12-24(13-8-17)18-15-20-10-11-21-18/h1-5,10-11,15,17H,6-9,12-14H2,(H2,22,23,25). The number of nitrogens with zero attached hydrogens (tertiary/aromatic N) is 3. The van der Waals surface area contributed by atoms with Crippen LogP contribution in [-0.2, 0) is 6.42 Å². The van der Waals surface area contributed by atoms with Gasteiger partial charge in [0.2, 0.25) is 0 Å². The molecule has 0 bridgehead atoms. The van der Waals surface area contributed by atoms with Gasteiger partial charge >= 0.3 is 6.03 Å². The molecule has 0 spiro atoms. The average Bonchev–Trinajstić information content (AvgIpc) is 2.68. The van der Waals surface area contributed by atoms with Gasteiger partial charge in [-0.15, -0.1) is 0 Å². The number of aromatic nitrogens is 2. The first-order valence-corrected chi connectivity index (χ1v) is 8.88. The van der Waals surface area contributed by atoms with Gasteiger partial charge in [0.15, 0.2) is 0 Å². The molecule has 6 heteroatoms. The molecule has 25 heavy (non-hydrogen) atoms. The fraction of sp³-hybridized carbons (Fsp3) is 0.421. The van der Waals surface area contributed by atoms with E-state index in [-0.39, 0.29) is 6.03 Å². The van der Waals surface area contributed by atoms with Crippen LogP contribution in [0.15, 0.2) is 48.9 Å². The van der Waals surface area contributed by atoms with Crippen LogP contribution in [0.25, 0.3) is 0 Å². The molecule has 1 fully saturated rings. The fourth-order valence-electron chi connectivity index (χ4n) is 3.09. The SMILES string of the molecule is O=C(NCCc1ccccc1)NCC1CCN(c2cnccn2)CC1. The van der Waals surface area contributed by atoms with Gasteiger partial charge < -0.3 is 15.5 Å². The lowest BCUT2D eigenvalue weighted by atomic mass is 9.97. The highest BCUT2D eigenvalue weighted by molar-refractivity contribution is 5.73. The van der Waals surface area contributed by atoms with E-state index < -0.39 is 0 Å². The van der Waals surface area contributed by atoms with Crippen LogP contribution >= 0.6 is 0 Å². The van der Waals surface area contributed by atoms with E-state index in [9.17, 15) is 4.79 Å². The van der Waals surface area contributed by atoms with E-state index in [1.807, 2.05) is 18.2 Å². The summed E-state index contributed by atoms with van der Waals surface area (Å²) in [6, 6.07) is 10.1. The van der Waals surface area contributed by atoms with Crippen molar-refractivity contribution in [2.24, 2.45) is 5.92 Å². The van der Waals surface area contributed by atoms with Gasteiger partial charge in [0.05, 0.1) is 6.20 Å². The minimum atomic E-state index is -0.0766. The Kier molecular flexibility index (Phi) is 6.20. The molecule has 1 saturated heterocycles. The Morgan fingerprint density at radius 3 is 2.64 bits per heavy atom. The topological polar surface area (TPSA) is 70.2 Å². The number of piperidine rings is 1. The quantitative estimate of drug-likeness (QED) is 0.847. The van der Waals surface area contributed by atoms with E-state index in [1.54, 1.807) is 18.6 Å². The van der Waals surface area contributed by atoms with Gasteiger partial charge in [-0.2, -0.15) is 0 Å². The number of carbonyl (C=O) groups is 1. The van der Waals surface area contributed by atoms with E-state index in [0.29, 0.717) is 12.5 Å². The summed E-state index contributed by atoms with van der Waals surface area (Å²) in [6.45, 7) is 3.30. The van der Waals surface area contributed by atoms with Crippen LogP contribution in [0.1, 0.15) is 18.4 Å². The van der Waals surface area contributed by atoms with Gasteiger partial charge in [-0.05, 0) is 30.7 Å². The minimum Gasteiger partial charge on any atom is -0.355 e. The number of benzene rings is 1. The van der Waals surface area contributed by atoms with Crippen molar-refractivity contribution >= 4 is 11.8 Å². The van der Waals surface area contributed by atoms with Gasteiger partial charge in [0.25, 0.3) is 0 Å². The van der Waals surface area contributed by atoms with Gasteiger partial charge in [0.1, 0.15) is 5.82 Å². The minimum absolute atomic E-state index is 0.0766. The number of amides is 2. The third-order valence-electron chi connectivity index (χ3n) is 4.58. The molecule has 3 rings (SSSR count). The zero-order valence-corrected chi connectivity index (χ0v) is 14.4. The number of rotatable bonds is 6. The van der Waals surface area contributed by atoms with Crippen LogP contribution in [0.2, 0.25) is 0 Å². The Hall–Kier alpha value is -2.63. The third-order valence-corrected chi connectivity index (χ3v) is 4.58. The predicted molar refractivity (Wildman–Crippen MR) is 98.5 cm³/mol. The molecule has 1 aliphatic rings. The Labute approximate surface area is 148 Å². The Morgan fingerprint density at radius 1 is 1.12 bits per heavy atom. The molecular weight excluding hydrogens is 314 g/mol. The summed E-state index contributed by atoms with van der Waals surface area (Å²) in [5.41, 5.74) is 1.24. The molecule has 2 heterocycles. The van der Waals surface area contributed by atoms with Gasteiger partial charge in [-0.25, -0.2) is 9.78 Å². The highest BCUT2D eigenvalue weighted by Crippen LogP contribution is 2.20. The lowest BCUT2D eigenvalue weighted by molar-refractivity contribution is 0.237. The molecule has 2 N–H and O–H groups in total. The van der Waals surface area contributed by atoms with Crippen LogP contribution < -0.4 is 15.5 Å². The number of anilines is 1. The van der Waals surface area contributed by atoms with Gasteiger partial charge in [0, 0.05) is 38.6 Å². The smallest absolute Gasteiger partial charge is 0.314 e. The van der Waals surface area contributed by atoms with Crippen molar-refractivity contribution in [2.75, 3.05) is 31.1 Å². The highest BCUT2D eigenvalue weighted by atomic mass is 16.2. The second-order valence-electron chi connectivity index (χ2n) is 6.37. The maximum atomic E-state index is 11.9. The molecule has 1 aromatic heterocycles. The Balaban J connectivity index is 1.31. The van der Waals surface area contributed by atoms with Gasteiger partial charge in [-0.1, -0.05) is 30.3 Å². The second kappa shape index (κ2) is 9.01. The summed E-state index contributed by atoms with van der Waals surface area (Å²) in [5, 5.41) is 5.92. The molecule has 1 aromatic carbocycles. The first-order valence-electron chi connectivity index (χ1n) is 8.88. The van der Waals surface area contributed by atoms with Crippen LogP contribution in [0.4, 0.5) is 10.6 Å². The fourth-order valence-corrected chi connectivity index (χ4v) is 3.09. The van der Waals surface area contributed by atoms with E-state index in [0.717, 1.165) is 44.7 Å². The van der Waals surface area contributed by atoms with Crippen molar-refractivity contribution in [1.82, 2.24) is 20.6 Å². The van der Waals surface area contributed by atoms with Crippen molar-refractivity contribution in [3.63, 3.8) is 0 Å². The van der Waals surface area contributed by atoms with Crippen LogP contribution in [0.5, 0.6) is 0 Å². The highest BCUT2D eigenvalue weighted by Gasteiger charge is 2.20. The summed E-state index contributed by atoms with van der Waals surface area (Å²) >= 11 is 0. The van der Waals surface area contributed by atoms with Crippen molar-refractivity contribution in [1.29, 1.82) is 0 Å². The van der Waals surface area contributed by atoms with E-state index in [1.165, 1.54) is 5.56 Å². The third kappa shape index (κ3) is 5.45. The van der Waals surface area contributed by atoms with Crippen molar-refractivity contribution in [3.05, 3.63) is 54.5 Å². The number of urea groups is 1. The predicted octanol–water partition coefficient (Wildman–Crippen LogP) is 2.23. The molecule has 2 amide bonds. The van der Waals surface area contributed by atoms with Gasteiger partial charge in [-0.3, -0.25) is 4.98 Å². The number of nitrogens with one attached hydrogen (secondary N) is 2. The summed E-state index contributed by atoms with van der Waals surface area (Å²) in [5.74, 6) is 1.46. The molecule has 0 atom stereocenters.